The molecule has 1 saturated heterocycles. The van der Waals surface area contributed by atoms with Gasteiger partial charge in [-0.25, -0.2) is 0 Å². The molecule has 0 saturated carbocycles. The summed E-state index contributed by atoms with van der Waals surface area (Å²) in [5.74, 6) is -0.437. The normalized spacial score (nSPS) is 15.4. The number of nitrogens with one attached hydrogen (secondary N) is 1. The maximum Gasteiger partial charge on any atom is 0.248 e. The summed E-state index contributed by atoms with van der Waals surface area (Å²) >= 11 is 0. The van der Waals surface area contributed by atoms with E-state index < -0.39 is 0 Å². The third-order valence-corrected chi connectivity index (χ3v) is 4.98. The molecule has 140 valence electrons. The number of nitrogens with two attached hydrogens (primary N) is 1. The molecule has 0 radical (unpaired) electrons. The average Bonchev–Trinajstić information content (AvgIpc) is 2.69. The van der Waals surface area contributed by atoms with Crippen molar-refractivity contribution in [2.45, 2.75) is 19.8 Å². The van der Waals surface area contributed by atoms with Gasteiger partial charge >= 0.3 is 0 Å². The van der Waals surface area contributed by atoms with E-state index in [1.807, 2.05) is 61.5 Å². The molecule has 5 heteroatoms. The van der Waals surface area contributed by atoms with Crippen molar-refractivity contribution in [2.75, 3.05) is 23.3 Å². The van der Waals surface area contributed by atoms with Gasteiger partial charge in [0.15, 0.2) is 0 Å². The highest BCUT2D eigenvalue weighted by Gasteiger charge is 2.24. The van der Waals surface area contributed by atoms with Gasteiger partial charge in [0.1, 0.15) is 0 Å². The number of hydrogen-bond donors (Lipinski definition) is 2. The van der Waals surface area contributed by atoms with Gasteiger partial charge in [-0.3, -0.25) is 9.59 Å². The SMILES string of the molecule is C/C(=C/C(=O)Nc1ccccc1N1CCC(C(N)=O)CC1)c1ccccc1. The standard InChI is InChI=1S/C22H25N3O2/c1-16(17-7-3-2-4-8-17)15-21(26)24-19-9-5-6-10-20(19)25-13-11-18(12-14-25)22(23)27/h2-10,15,18H,11-14H2,1H3,(H2,23,27)(H,24,26)/b16-15-. The predicted molar refractivity (Wildman–Crippen MR) is 109 cm³/mol. The molecule has 0 bridgehead atoms. The molecule has 0 unspecified atom stereocenters. The van der Waals surface area contributed by atoms with E-state index in [0.717, 1.165) is 48.4 Å². The lowest BCUT2D eigenvalue weighted by Crippen LogP contribution is -2.38. The summed E-state index contributed by atoms with van der Waals surface area (Å²) in [5.41, 5.74) is 9.10. The number of allylic oxidation sites excluding steroid dienone is 1. The fourth-order valence-corrected chi connectivity index (χ4v) is 3.41. The summed E-state index contributed by atoms with van der Waals surface area (Å²) in [6.45, 7) is 3.42. The Morgan fingerprint density at radius 1 is 1.04 bits per heavy atom. The first-order valence-electron chi connectivity index (χ1n) is 9.22. The van der Waals surface area contributed by atoms with Crippen LogP contribution in [0, 0.1) is 5.92 Å². The monoisotopic (exact) mass is 363 g/mol. The second kappa shape index (κ2) is 8.54. The van der Waals surface area contributed by atoms with Crippen molar-refractivity contribution < 1.29 is 9.59 Å². The molecule has 1 aliphatic heterocycles. The van der Waals surface area contributed by atoms with Crippen LogP contribution >= 0.6 is 0 Å². The largest absolute Gasteiger partial charge is 0.370 e. The number of benzene rings is 2. The van der Waals surface area contributed by atoms with Crippen LogP contribution in [0.15, 0.2) is 60.7 Å². The summed E-state index contributed by atoms with van der Waals surface area (Å²) in [7, 11) is 0. The summed E-state index contributed by atoms with van der Waals surface area (Å²) in [6.07, 6.45) is 3.10. The van der Waals surface area contributed by atoms with Crippen LogP contribution in [-0.2, 0) is 9.59 Å². The summed E-state index contributed by atoms with van der Waals surface area (Å²) < 4.78 is 0. The number of para-hydroxylation sites is 2. The minimum absolute atomic E-state index is 0.0561. The maximum absolute atomic E-state index is 12.5. The smallest absolute Gasteiger partial charge is 0.248 e. The van der Waals surface area contributed by atoms with E-state index in [1.54, 1.807) is 6.08 Å². The van der Waals surface area contributed by atoms with Gasteiger partial charge in [0, 0.05) is 25.1 Å². The molecule has 1 fully saturated rings. The number of nitrogens with zero attached hydrogens (tertiary/aromatic N) is 1. The first-order chi connectivity index (χ1) is 13.0. The number of amides is 2. The van der Waals surface area contributed by atoms with E-state index in [1.165, 1.54) is 0 Å². The highest BCUT2D eigenvalue weighted by atomic mass is 16.1. The second-order valence-corrected chi connectivity index (χ2v) is 6.86. The number of carbonyl (C=O) groups is 2. The Balaban J connectivity index is 1.71. The van der Waals surface area contributed by atoms with Crippen LogP contribution in [0.3, 0.4) is 0 Å². The van der Waals surface area contributed by atoms with Crippen molar-refractivity contribution in [1.82, 2.24) is 0 Å². The molecule has 0 aliphatic carbocycles. The van der Waals surface area contributed by atoms with E-state index in [-0.39, 0.29) is 17.7 Å². The van der Waals surface area contributed by atoms with Crippen molar-refractivity contribution in [2.24, 2.45) is 11.7 Å². The molecular weight excluding hydrogens is 338 g/mol. The third-order valence-electron chi connectivity index (χ3n) is 4.98. The fourth-order valence-electron chi connectivity index (χ4n) is 3.41. The van der Waals surface area contributed by atoms with Gasteiger partial charge in [0.2, 0.25) is 11.8 Å². The fraction of sp³-hybridized carbons (Fsp3) is 0.273. The molecule has 1 aliphatic rings. The number of primary amides is 1. The molecule has 0 aromatic heterocycles. The number of carbonyl (C=O) groups excluding carboxylic acids is 2. The van der Waals surface area contributed by atoms with Crippen LogP contribution in [-0.4, -0.2) is 24.9 Å². The van der Waals surface area contributed by atoms with Crippen LogP contribution in [0.5, 0.6) is 0 Å². The molecule has 2 aromatic carbocycles. The van der Waals surface area contributed by atoms with Crippen molar-refractivity contribution in [3.05, 3.63) is 66.2 Å². The lowest BCUT2D eigenvalue weighted by Gasteiger charge is -2.33. The Morgan fingerprint density at radius 3 is 2.33 bits per heavy atom. The van der Waals surface area contributed by atoms with E-state index in [0.29, 0.717) is 0 Å². The molecule has 0 atom stereocenters. The minimum Gasteiger partial charge on any atom is -0.370 e. The van der Waals surface area contributed by atoms with Gasteiger partial charge in [-0.05, 0) is 43.0 Å². The zero-order valence-electron chi connectivity index (χ0n) is 15.5. The summed E-state index contributed by atoms with van der Waals surface area (Å²) in [6, 6.07) is 17.6. The highest BCUT2D eigenvalue weighted by molar-refractivity contribution is 6.05. The number of anilines is 2. The first kappa shape index (κ1) is 18.7. The van der Waals surface area contributed by atoms with Gasteiger partial charge in [0.25, 0.3) is 0 Å². The molecular formula is C22H25N3O2. The number of hydrogen-bond acceptors (Lipinski definition) is 3. The zero-order valence-corrected chi connectivity index (χ0v) is 15.5. The van der Waals surface area contributed by atoms with Crippen molar-refractivity contribution >= 4 is 28.8 Å². The third kappa shape index (κ3) is 4.76. The quantitative estimate of drug-likeness (QED) is 0.799. The van der Waals surface area contributed by atoms with Gasteiger partial charge in [0.05, 0.1) is 11.4 Å². The molecule has 5 nitrogen and oxygen atoms in total. The Hall–Kier alpha value is -3.08. The lowest BCUT2D eigenvalue weighted by molar-refractivity contribution is -0.122. The van der Waals surface area contributed by atoms with Crippen molar-refractivity contribution in [1.29, 1.82) is 0 Å². The van der Waals surface area contributed by atoms with Crippen LogP contribution in [0.4, 0.5) is 11.4 Å². The number of piperidine rings is 1. The average molecular weight is 363 g/mol. The van der Waals surface area contributed by atoms with E-state index in [9.17, 15) is 9.59 Å². The molecule has 27 heavy (non-hydrogen) atoms. The van der Waals surface area contributed by atoms with Crippen LogP contribution in [0.2, 0.25) is 0 Å². The van der Waals surface area contributed by atoms with E-state index in [2.05, 4.69) is 10.2 Å². The second-order valence-electron chi connectivity index (χ2n) is 6.86. The van der Waals surface area contributed by atoms with Crippen LogP contribution < -0.4 is 16.0 Å². The summed E-state index contributed by atoms with van der Waals surface area (Å²) in [5, 5.41) is 2.99. The van der Waals surface area contributed by atoms with Crippen molar-refractivity contribution in [3.8, 4) is 0 Å². The molecule has 2 amide bonds. The van der Waals surface area contributed by atoms with Gasteiger partial charge in [-0.2, -0.15) is 0 Å². The molecule has 2 aromatic rings. The van der Waals surface area contributed by atoms with Gasteiger partial charge in [-0.1, -0.05) is 42.5 Å². The Morgan fingerprint density at radius 2 is 1.67 bits per heavy atom. The van der Waals surface area contributed by atoms with E-state index in [4.69, 9.17) is 5.73 Å². The lowest BCUT2D eigenvalue weighted by atomic mass is 9.96. The van der Waals surface area contributed by atoms with Gasteiger partial charge < -0.3 is 16.0 Å². The van der Waals surface area contributed by atoms with Crippen LogP contribution in [0.25, 0.3) is 5.57 Å². The minimum atomic E-state index is -0.224. The topological polar surface area (TPSA) is 75.4 Å². The molecule has 1 heterocycles. The maximum atomic E-state index is 12.5. The highest BCUT2D eigenvalue weighted by Crippen LogP contribution is 2.30. The molecule has 0 spiro atoms. The Kier molecular flexibility index (Phi) is 5.91. The molecule has 3 N–H and O–H groups in total. The van der Waals surface area contributed by atoms with Crippen molar-refractivity contribution in [3.63, 3.8) is 0 Å². The van der Waals surface area contributed by atoms with Crippen LogP contribution in [0.1, 0.15) is 25.3 Å². The Labute approximate surface area is 159 Å². The first-order valence-corrected chi connectivity index (χ1v) is 9.22. The van der Waals surface area contributed by atoms with Gasteiger partial charge in [-0.15, -0.1) is 0 Å². The number of rotatable bonds is 5. The summed E-state index contributed by atoms with van der Waals surface area (Å²) in [4.78, 5) is 26.1. The molecule has 3 rings (SSSR count). The zero-order chi connectivity index (χ0) is 19.2. The van der Waals surface area contributed by atoms with E-state index >= 15 is 0 Å². The predicted octanol–water partition coefficient (Wildman–Crippen LogP) is 3.43. The Bertz CT molecular complexity index is 838.